The molecular formula is C54H37BN2. The van der Waals surface area contributed by atoms with E-state index >= 15 is 0 Å². The van der Waals surface area contributed by atoms with Gasteiger partial charge in [0.25, 0.3) is 0 Å². The van der Waals surface area contributed by atoms with Gasteiger partial charge in [0.1, 0.15) is 0 Å². The van der Waals surface area contributed by atoms with Gasteiger partial charge in [-0.2, -0.15) is 0 Å². The van der Waals surface area contributed by atoms with E-state index in [1.165, 1.54) is 82.9 Å². The molecule has 1 aliphatic rings. The van der Waals surface area contributed by atoms with Crippen molar-refractivity contribution in [1.29, 1.82) is 0 Å². The van der Waals surface area contributed by atoms with E-state index in [-0.39, 0.29) is 6.71 Å². The van der Waals surface area contributed by atoms with Gasteiger partial charge in [-0.3, -0.25) is 0 Å². The van der Waals surface area contributed by atoms with Crippen molar-refractivity contribution < 1.29 is 0 Å². The lowest BCUT2D eigenvalue weighted by molar-refractivity contribution is 1.17. The number of para-hydroxylation sites is 4. The fourth-order valence-electron chi connectivity index (χ4n) is 9.18. The topological polar surface area (TPSA) is 8.17 Å². The molecule has 10 aromatic rings. The zero-order chi connectivity index (χ0) is 37.7. The average Bonchev–Trinajstić information content (AvgIpc) is 3.63. The zero-order valence-corrected chi connectivity index (χ0v) is 31.3. The number of anilines is 3. The van der Waals surface area contributed by atoms with Gasteiger partial charge in [0.15, 0.2) is 0 Å². The van der Waals surface area contributed by atoms with E-state index < -0.39 is 0 Å². The maximum atomic E-state index is 2.46. The Hall–Kier alpha value is -7.36. The van der Waals surface area contributed by atoms with Crippen LogP contribution in [0.1, 0.15) is 0 Å². The largest absolute Gasteiger partial charge is 0.312 e. The second-order valence-corrected chi connectivity index (χ2v) is 14.9. The molecule has 1 aliphatic heterocycles. The van der Waals surface area contributed by atoms with E-state index in [4.69, 9.17) is 0 Å². The Morgan fingerprint density at radius 1 is 0.316 bits per heavy atom. The van der Waals surface area contributed by atoms with Crippen LogP contribution in [0.25, 0.3) is 60.9 Å². The Morgan fingerprint density at radius 3 is 1.23 bits per heavy atom. The van der Waals surface area contributed by atoms with Crippen molar-refractivity contribution >= 4 is 62.0 Å². The molecule has 2 heterocycles. The molecule has 1 aromatic heterocycles. The number of nitrogens with zero attached hydrogens (tertiary/aromatic N) is 2. The minimum atomic E-state index is -0.0271. The van der Waals surface area contributed by atoms with Crippen LogP contribution < -0.4 is 21.3 Å². The Balaban J connectivity index is 1.12. The van der Waals surface area contributed by atoms with Gasteiger partial charge in [0.05, 0.1) is 11.0 Å². The van der Waals surface area contributed by atoms with Crippen LogP contribution in [0.15, 0.2) is 224 Å². The molecule has 0 atom stereocenters. The second-order valence-electron chi connectivity index (χ2n) is 14.9. The number of benzene rings is 9. The van der Waals surface area contributed by atoms with Crippen molar-refractivity contribution in [3.05, 3.63) is 224 Å². The highest BCUT2D eigenvalue weighted by Crippen LogP contribution is 2.40. The standard InChI is InChI=1S/C54H37BN2/c1-4-18-38(19-5-1)41-36-46(39-20-6-2-7-21-39)54(47(37-41)40-22-8-3-9-23-40)55-48-26-12-16-30-52(48)57(53-31-17-13-27-49(53)55)43-34-32-42(33-35-43)56-50-28-14-10-24-44(50)45-25-11-15-29-51(45)56/h1-37H. The van der Waals surface area contributed by atoms with E-state index in [2.05, 4.69) is 234 Å². The summed E-state index contributed by atoms with van der Waals surface area (Å²) in [6, 6.07) is 82.0. The summed E-state index contributed by atoms with van der Waals surface area (Å²) < 4.78 is 2.39. The zero-order valence-electron chi connectivity index (χ0n) is 31.3. The Labute approximate surface area is 333 Å². The first-order valence-electron chi connectivity index (χ1n) is 19.7. The van der Waals surface area contributed by atoms with Crippen molar-refractivity contribution in [2.75, 3.05) is 4.90 Å². The van der Waals surface area contributed by atoms with Crippen molar-refractivity contribution in [3.63, 3.8) is 0 Å². The number of aromatic nitrogens is 1. The van der Waals surface area contributed by atoms with Crippen LogP contribution in [0.5, 0.6) is 0 Å². The van der Waals surface area contributed by atoms with E-state index in [0.717, 1.165) is 11.4 Å². The molecule has 0 radical (unpaired) electrons. The molecule has 0 aliphatic carbocycles. The summed E-state index contributed by atoms with van der Waals surface area (Å²) in [4.78, 5) is 2.46. The lowest BCUT2D eigenvalue weighted by atomic mass is 9.33. The lowest BCUT2D eigenvalue weighted by Crippen LogP contribution is -2.58. The fraction of sp³-hybridized carbons (Fsp3) is 0. The minimum Gasteiger partial charge on any atom is -0.312 e. The summed E-state index contributed by atoms with van der Waals surface area (Å²) in [5, 5.41) is 2.53. The molecule has 266 valence electrons. The molecule has 0 fully saturated rings. The molecule has 9 aromatic carbocycles. The Bertz CT molecular complexity index is 2900. The summed E-state index contributed by atoms with van der Waals surface area (Å²) in [7, 11) is 0. The predicted octanol–water partition coefficient (Wildman–Crippen LogP) is 12.1. The van der Waals surface area contributed by atoms with E-state index in [1.807, 2.05) is 0 Å². The first-order chi connectivity index (χ1) is 28.3. The summed E-state index contributed by atoms with van der Waals surface area (Å²) in [6.07, 6.45) is 0. The molecule has 0 saturated carbocycles. The molecule has 0 unspecified atom stereocenters. The molecule has 0 N–H and O–H groups in total. The number of fused-ring (bicyclic) bond motifs is 5. The molecule has 3 heteroatoms. The fourth-order valence-corrected chi connectivity index (χ4v) is 9.18. The summed E-state index contributed by atoms with van der Waals surface area (Å²) in [5.41, 5.74) is 18.3. The molecule has 0 bridgehead atoms. The SMILES string of the molecule is c1ccc(-c2cc(-c3ccccc3)c(B3c4ccccc4N(c4ccc(-n5c6ccccc6c6ccccc65)cc4)c4ccccc43)c(-c3ccccc3)c2)cc1. The normalized spacial score (nSPS) is 12.1. The van der Waals surface area contributed by atoms with Crippen molar-refractivity contribution in [1.82, 2.24) is 4.57 Å². The van der Waals surface area contributed by atoms with Crippen LogP contribution in [-0.4, -0.2) is 11.3 Å². The molecule has 11 rings (SSSR count). The third-order valence-electron chi connectivity index (χ3n) is 11.7. The highest BCUT2D eigenvalue weighted by molar-refractivity contribution is 6.99. The van der Waals surface area contributed by atoms with Gasteiger partial charge in [-0.05, 0) is 105 Å². The number of hydrogen-bond acceptors (Lipinski definition) is 1. The third-order valence-corrected chi connectivity index (χ3v) is 11.7. The molecule has 0 saturated heterocycles. The highest BCUT2D eigenvalue weighted by Gasteiger charge is 2.38. The molecular weight excluding hydrogens is 687 g/mol. The average molecular weight is 725 g/mol. The van der Waals surface area contributed by atoms with Gasteiger partial charge >= 0.3 is 0 Å². The van der Waals surface area contributed by atoms with Crippen LogP contribution in [0.2, 0.25) is 0 Å². The van der Waals surface area contributed by atoms with Crippen molar-refractivity contribution in [3.8, 4) is 39.1 Å². The molecule has 2 nitrogen and oxygen atoms in total. The van der Waals surface area contributed by atoms with Gasteiger partial charge in [0, 0.05) is 33.5 Å². The van der Waals surface area contributed by atoms with Crippen LogP contribution in [0.3, 0.4) is 0 Å². The van der Waals surface area contributed by atoms with Crippen LogP contribution >= 0.6 is 0 Å². The van der Waals surface area contributed by atoms with Gasteiger partial charge < -0.3 is 9.47 Å². The first-order valence-corrected chi connectivity index (χ1v) is 19.7. The van der Waals surface area contributed by atoms with Crippen molar-refractivity contribution in [2.45, 2.75) is 0 Å². The monoisotopic (exact) mass is 724 g/mol. The summed E-state index contributed by atoms with van der Waals surface area (Å²) in [5.74, 6) is 0. The maximum absolute atomic E-state index is 2.46. The summed E-state index contributed by atoms with van der Waals surface area (Å²) in [6.45, 7) is -0.0271. The Morgan fingerprint density at radius 2 is 0.719 bits per heavy atom. The number of hydrogen-bond donors (Lipinski definition) is 0. The maximum Gasteiger partial charge on any atom is 0.248 e. The Kier molecular flexibility index (Phi) is 7.96. The van der Waals surface area contributed by atoms with Crippen molar-refractivity contribution in [2.24, 2.45) is 0 Å². The quantitative estimate of drug-likeness (QED) is 0.155. The van der Waals surface area contributed by atoms with E-state index in [1.54, 1.807) is 0 Å². The summed E-state index contributed by atoms with van der Waals surface area (Å²) >= 11 is 0. The smallest absolute Gasteiger partial charge is 0.248 e. The molecule has 0 spiro atoms. The van der Waals surface area contributed by atoms with Gasteiger partial charge in [-0.25, -0.2) is 0 Å². The molecule has 0 amide bonds. The van der Waals surface area contributed by atoms with Crippen LogP contribution in [0.4, 0.5) is 17.1 Å². The highest BCUT2D eigenvalue weighted by atomic mass is 15.2. The van der Waals surface area contributed by atoms with Crippen LogP contribution in [-0.2, 0) is 0 Å². The molecule has 57 heavy (non-hydrogen) atoms. The first kappa shape index (κ1) is 33.0. The number of rotatable bonds is 6. The van der Waals surface area contributed by atoms with E-state index in [9.17, 15) is 0 Å². The van der Waals surface area contributed by atoms with Gasteiger partial charge in [-0.15, -0.1) is 0 Å². The minimum absolute atomic E-state index is 0.0271. The second kappa shape index (κ2) is 13.7. The predicted molar refractivity (Wildman–Crippen MR) is 243 cm³/mol. The van der Waals surface area contributed by atoms with Gasteiger partial charge in [0.2, 0.25) is 6.71 Å². The van der Waals surface area contributed by atoms with Gasteiger partial charge in [-0.1, -0.05) is 169 Å². The third kappa shape index (κ3) is 5.51. The lowest BCUT2D eigenvalue weighted by Gasteiger charge is -2.38. The van der Waals surface area contributed by atoms with Crippen LogP contribution in [0, 0.1) is 0 Å². The van der Waals surface area contributed by atoms with E-state index in [0.29, 0.717) is 0 Å².